The second-order valence-corrected chi connectivity index (χ2v) is 2.36. The highest BCUT2D eigenvalue weighted by molar-refractivity contribution is 5.92. The van der Waals surface area contributed by atoms with Crippen molar-refractivity contribution in [2.45, 2.75) is 0 Å². The molecule has 0 aliphatic heterocycles. The lowest BCUT2D eigenvalue weighted by Gasteiger charge is -2.17. The maximum Gasteiger partial charge on any atom is 0.276 e. The molecule has 4 heteroatoms. The van der Waals surface area contributed by atoms with Crippen molar-refractivity contribution >= 4 is 11.6 Å². The van der Waals surface area contributed by atoms with Gasteiger partial charge in [-0.15, -0.1) is 0 Å². The van der Waals surface area contributed by atoms with Gasteiger partial charge in [0.1, 0.15) is 6.61 Å². The number of carbonyl (C=O) groups is 1. The van der Waals surface area contributed by atoms with Gasteiger partial charge in [0.05, 0.1) is 12.8 Å². The fraction of sp³-hybridized carbons (Fsp3) is 0.222. The molecule has 0 heterocycles. The number of rotatable bonds is 3. The Hall–Kier alpha value is -1.39. The lowest BCUT2D eigenvalue weighted by atomic mass is 10.3. The van der Waals surface area contributed by atoms with Gasteiger partial charge < -0.3 is 5.11 Å². The first-order valence-corrected chi connectivity index (χ1v) is 3.82. The summed E-state index contributed by atoms with van der Waals surface area (Å²) in [5, 5.41) is 9.67. The molecule has 0 radical (unpaired) electrons. The fourth-order valence-electron chi connectivity index (χ4n) is 0.979. The molecule has 0 atom stereocenters. The van der Waals surface area contributed by atoms with E-state index in [1.54, 1.807) is 24.3 Å². The third kappa shape index (κ3) is 2.27. The second kappa shape index (κ2) is 4.59. The first kappa shape index (κ1) is 9.70. The van der Waals surface area contributed by atoms with Crippen LogP contribution in [0.1, 0.15) is 0 Å². The molecule has 13 heavy (non-hydrogen) atoms. The predicted octanol–water partition coefficient (Wildman–Crippen LogP) is 0.573. The number of anilines is 1. The number of aliphatic hydroxyl groups excluding tert-OH is 1. The van der Waals surface area contributed by atoms with Crippen LogP contribution in [0.3, 0.4) is 0 Å². The molecule has 1 N–H and O–H groups in total. The first-order chi connectivity index (χ1) is 6.29. The maximum atomic E-state index is 11.1. The summed E-state index contributed by atoms with van der Waals surface area (Å²) in [5.41, 5.74) is 0.601. The van der Waals surface area contributed by atoms with Crippen molar-refractivity contribution in [3.8, 4) is 0 Å². The van der Waals surface area contributed by atoms with Crippen LogP contribution >= 0.6 is 0 Å². The number of hydrogen-bond acceptors (Lipinski definition) is 3. The fourth-order valence-corrected chi connectivity index (χ4v) is 0.979. The third-order valence-corrected chi connectivity index (χ3v) is 1.54. The highest BCUT2D eigenvalue weighted by atomic mass is 16.7. The van der Waals surface area contributed by atoms with Crippen molar-refractivity contribution in [1.29, 1.82) is 0 Å². The van der Waals surface area contributed by atoms with E-state index in [1.807, 2.05) is 6.07 Å². The number of amides is 1. The van der Waals surface area contributed by atoms with Gasteiger partial charge in [-0.2, -0.15) is 5.06 Å². The molecular weight excluding hydrogens is 170 g/mol. The van der Waals surface area contributed by atoms with Crippen molar-refractivity contribution in [3.05, 3.63) is 30.3 Å². The van der Waals surface area contributed by atoms with Crippen molar-refractivity contribution in [1.82, 2.24) is 0 Å². The minimum absolute atomic E-state index is 0.492. The van der Waals surface area contributed by atoms with E-state index in [0.29, 0.717) is 5.69 Å². The summed E-state index contributed by atoms with van der Waals surface area (Å²) < 4.78 is 0. The van der Waals surface area contributed by atoms with Crippen LogP contribution in [0.2, 0.25) is 0 Å². The number of aliphatic hydroxyl groups is 1. The number of benzene rings is 1. The van der Waals surface area contributed by atoms with E-state index in [9.17, 15) is 4.79 Å². The zero-order valence-electron chi connectivity index (χ0n) is 7.30. The largest absolute Gasteiger partial charge is 0.386 e. The number of para-hydroxylation sites is 1. The molecule has 0 spiro atoms. The van der Waals surface area contributed by atoms with Gasteiger partial charge in [0, 0.05) is 0 Å². The van der Waals surface area contributed by atoms with Crippen LogP contribution in [0.25, 0.3) is 0 Å². The molecule has 0 aliphatic carbocycles. The quantitative estimate of drug-likeness (QED) is 0.694. The molecule has 0 aliphatic rings. The summed E-state index contributed by atoms with van der Waals surface area (Å²) in [7, 11) is 1.38. The Bertz CT molecular complexity index is 273. The smallest absolute Gasteiger partial charge is 0.276 e. The van der Waals surface area contributed by atoms with Crippen LogP contribution < -0.4 is 5.06 Å². The molecule has 0 aromatic heterocycles. The number of hydrogen-bond donors (Lipinski definition) is 1. The Morgan fingerprint density at radius 1 is 1.46 bits per heavy atom. The number of carbonyl (C=O) groups excluding carboxylic acids is 1. The van der Waals surface area contributed by atoms with E-state index in [1.165, 1.54) is 7.11 Å². The van der Waals surface area contributed by atoms with Crippen LogP contribution in [-0.2, 0) is 9.63 Å². The summed E-state index contributed by atoms with van der Waals surface area (Å²) in [4.78, 5) is 15.9. The zero-order valence-corrected chi connectivity index (χ0v) is 7.30. The topological polar surface area (TPSA) is 49.8 Å². The lowest BCUT2D eigenvalue weighted by Crippen LogP contribution is -2.31. The lowest BCUT2D eigenvalue weighted by molar-refractivity contribution is -0.127. The maximum absolute atomic E-state index is 11.1. The molecule has 0 saturated carbocycles. The molecule has 1 amide bonds. The van der Waals surface area contributed by atoms with Crippen molar-refractivity contribution < 1.29 is 14.7 Å². The van der Waals surface area contributed by atoms with E-state index in [0.717, 1.165) is 5.06 Å². The van der Waals surface area contributed by atoms with E-state index < -0.39 is 12.5 Å². The summed E-state index contributed by atoms with van der Waals surface area (Å²) in [6.07, 6.45) is 0. The van der Waals surface area contributed by atoms with Crippen LogP contribution in [0, 0.1) is 0 Å². The Morgan fingerprint density at radius 3 is 2.54 bits per heavy atom. The van der Waals surface area contributed by atoms with Crippen LogP contribution in [0.5, 0.6) is 0 Å². The third-order valence-electron chi connectivity index (χ3n) is 1.54. The monoisotopic (exact) mass is 181 g/mol. The highest BCUT2D eigenvalue weighted by Gasteiger charge is 2.12. The summed E-state index contributed by atoms with van der Waals surface area (Å²) >= 11 is 0. The van der Waals surface area contributed by atoms with Crippen molar-refractivity contribution in [2.75, 3.05) is 18.8 Å². The van der Waals surface area contributed by atoms with E-state index in [2.05, 4.69) is 0 Å². The van der Waals surface area contributed by atoms with Crippen molar-refractivity contribution in [2.24, 2.45) is 0 Å². The Kier molecular flexibility index (Phi) is 3.42. The Balaban J connectivity index is 2.85. The highest BCUT2D eigenvalue weighted by Crippen LogP contribution is 2.12. The molecule has 0 bridgehead atoms. The molecular formula is C9H11NO3. The second-order valence-electron chi connectivity index (χ2n) is 2.36. The average Bonchev–Trinajstić information content (AvgIpc) is 2.20. The van der Waals surface area contributed by atoms with E-state index in [4.69, 9.17) is 9.94 Å². The Labute approximate surface area is 76.3 Å². The molecule has 0 saturated heterocycles. The van der Waals surface area contributed by atoms with Gasteiger partial charge in [-0.25, -0.2) is 0 Å². The van der Waals surface area contributed by atoms with Crippen LogP contribution in [0.4, 0.5) is 5.69 Å². The molecule has 0 fully saturated rings. The van der Waals surface area contributed by atoms with E-state index in [-0.39, 0.29) is 0 Å². The van der Waals surface area contributed by atoms with Gasteiger partial charge in [-0.05, 0) is 12.1 Å². The molecule has 1 rings (SSSR count). The van der Waals surface area contributed by atoms with E-state index >= 15 is 0 Å². The Morgan fingerprint density at radius 2 is 2.08 bits per heavy atom. The molecule has 4 nitrogen and oxygen atoms in total. The van der Waals surface area contributed by atoms with Gasteiger partial charge in [-0.1, -0.05) is 18.2 Å². The number of hydroxylamine groups is 1. The molecule has 1 aromatic rings. The summed E-state index contributed by atoms with van der Waals surface area (Å²) in [6.45, 7) is -0.567. The summed E-state index contributed by atoms with van der Waals surface area (Å²) in [6, 6.07) is 8.84. The van der Waals surface area contributed by atoms with Gasteiger partial charge in [0.2, 0.25) is 0 Å². The van der Waals surface area contributed by atoms with Crippen molar-refractivity contribution in [3.63, 3.8) is 0 Å². The van der Waals surface area contributed by atoms with Gasteiger partial charge in [-0.3, -0.25) is 9.63 Å². The first-order valence-electron chi connectivity index (χ1n) is 3.82. The molecule has 1 aromatic carbocycles. The van der Waals surface area contributed by atoms with Gasteiger partial charge in [0.15, 0.2) is 0 Å². The SMILES string of the molecule is CON(C(=O)CO)c1ccccc1. The zero-order chi connectivity index (χ0) is 9.68. The normalized spacial score (nSPS) is 9.69. The predicted molar refractivity (Wildman–Crippen MR) is 48.0 cm³/mol. The average molecular weight is 181 g/mol. The summed E-state index contributed by atoms with van der Waals surface area (Å²) in [5.74, 6) is -0.492. The van der Waals surface area contributed by atoms with Gasteiger partial charge in [0.25, 0.3) is 5.91 Å². The standard InChI is InChI=1S/C9H11NO3/c1-13-10(9(12)7-11)8-5-3-2-4-6-8/h2-6,11H,7H2,1H3. The minimum atomic E-state index is -0.567. The van der Waals surface area contributed by atoms with Crippen LogP contribution in [-0.4, -0.2) is 24.7 Å². The number of nitrogens with zero attached hydrogens (tertiary/aromatic N) is 1. The molecule has 0 unspecified atom stereocenters. The van der Waals surface area contributed by atoms with Crippen LogP contribution in [0.15, 0.2) is 30.3 Å². The van der Waals surface area contributed by atoms with Gasteiger partial charge >= 0.3 is 0 Å². The molecule has 70 valence electrons. The minimum Gasteiger partial charge on any atom is -0.386 e.